The van der Waals surface area contributed by atoms with Crippen LogP contribution < -0.4 is 14.8 Å². The van der Waals surface area contributed by atoms with E-state index in [-0.39, 0.29) is 30.3 Å². The predicted molar refractivity (Wildman–Crippen MR) is 90.6 cm³/mol. The summed E-state index contributed by atoms with van der Waals surface area (Å²) in [5.41, 5.74) is 0.865. The minimum Gasteiger partial charge on any atom is -0.497 e. The molecule has 0 fully saturated rings. The Kier molecular flexibility index (Phi) is 6.18. The molecule has 0 aliphatic carbocycles. The number of nitrogens with one attached hydrogen (secondary N) is 1. The third-order valence-corrected chi connectivity index (χ3v) is 3.64. The van der Waals surface area contributed by atoms with Gasteiger partial charge in [-0.15, -0.1) is 0 Å². The normalized spacial score (nSPS) is 11.9. The summed E-state index contributed by atoms with van der Waals surface area (Å²) in [5.74, 6) is 0.960. The molecule has 0 saturated heterocycles. The second kappa shape index (κ2) is 8.34. The van der Waals surface area contributed by atoms with E-state index < -0.39 is 0 Å². The van der Waals surface area contributed by atoms with Crippen molar-refractivity contribution in [2.24, 2.45) is 5.92 Å². The number of carbonyl (C=O) groups excluding carboxylic acids is 1. The van der Waals surface area contributed by atoms with Crippen molar-refractivity contribution in [3.8, 4) is 11.5 Å². The van der Waals surface area contributed by atoms with Gasteiger partial charge in [0.05, 0.1) is 13.2 Å². The van der Waals surface area contributed by atoms with Gasteiger partial charge in [0.2, 0.25) is 0 Å². The molecule has 2 aromatic rings. The molecule has 0 spiro atoms. The average molecular weight is 331 g/mol. The maximum Gasteiger partial charge on any atom is 0.258 e. The predicted octanol–water partition coefficient (Wildman–Crippen LogP) is 3.73. The van der Waals surface area contributed by atoms with Crippen LogP contribution in [0.4, 0.5) is 4.39 Å². The van der Waals surface area contributed by atoms with Crippen molar-refractivity contribution in [1.82, 2.24) is 5.32 Å². The summed E-state index contributed by atoms with van der Waals surface area (Å²) in [7, 11) is 1.59. The van der Waals surface area contributed by atoms with Crippen LogP contribution in [0.1, 0.15) is 25.5 Å². The summed E-state index contributed by atoms with van der Waals surface area (Å²) in [6.45, 7) is 3.91. The van der Waals surface area contributed by atoms with Gasteiger partial charge in [-0.3, -0.25) is 4.79 Å². The Morgan fingerprint density at radius 1 is 1.04 bits per heavy atom. The van der Waals surface area contributed by atoms with Gasteiger partial charge >= 0.3 is 0 Å². The summed E-state index contributed by atoms with van der Waals surface area (Å²) in [5, 5.41) is 2.93. The number of carbonyl (C=O) groups is 1. The zero-order valence-electron chi connectivity index (χ0n) is 14.1. The minimum atomic E-state index is -0.296. The van der Waals surface area contributed by atoms with E-state index in [9.17, 15) is 9.18 Å². The molecule has 0 aromatic heterocycles. The highest BCUT2D eigenvalue weighted by Crippen LogP contribution is 2.22. The summed E-state index contributed by atoms with van der Waals surface area (Å²) < 4.78 is 23.6. The van der Waals surface area contributed by atoms with Crippen LogP contribution in [0.3, 0.4) is 0 Å². The van der Waals surface area contributed by atoms with Crippen LogP contribution in [0.2, 0.25) is 0 Å². The standard InChI is InChI=1S/C19H22FNO3/c1-13(2)19(14-4-6-15(20)7-5-14)21-18(22)12-24-17-10-8-16(23-3)9-11-17/h4-11,13,19H,12H2,1-3H3,(H,21,22)/t19-/m1/s1. The van der Waals surface area contributed by atoms with Crippen molar-refractivity contribution in [2.45, 2.75) is 19.9 Å². The maximum absolute atomic E-state index is 13.1. The molecule has 2 rings (SSSR count). The number of ether oxygens (including phenoxy) is 2. The Hall–Kier alpha value is -2.56. The molecular weight excluding hydrogens is 309 g/mol. The van der Waals surface area contributed by atoms with E-state index >= 15 is 0 Å². The van der Waals surface area contributed by atoms with Crippen LogP contribution in [-0.2, 0) is 4.79 Å². The molecule has 0 saturated carbocycles. The Labute approximate surface area is 141 Å². The smallest absolute Gasteiger partial charge is 0.258 e. The summed E-state index contributed by atoms with van der Waals surface area (Å²) >= 11 is 0. The van der Waals surface area contributed by atoms with Crippen molar-refractivity contribution in [3.05, 3.63) is 59.9 Å². The number of hydrogen-bond donors (Lipinski definition) is 1. The summed E-state index contributed by atoms with van der Waals surface area (Å²) in [6.07, 6.45) is 0. The highest BCUT2D eigenvalue weighted by atomic mass is 19.1. The Balaban J connectivity index is 1.93. The molecule has 0 bridgehead atoms. The molecule has 4 nitrogen and oxygen atoms in total. The number of hydrogen-bond acceptors (Lipinski definition) is 3. The van der Waals surface area contributed by atoms with Gasteiger partial charge in [0.1, 0.15) is 17.3 Å². The fourth-order valence-electron chi connectivity index (χ4n) is 2.34. The molecule has 1 N–H and O–H groups in total. The van der Waals surface area contributed by atoms with Gasteiger partial charge in [0.25, 0.3) is 5.91 Å². The van der Waals surface area contributed by atoms with Crippen LogP contribution in [-0.4, -0.2) is 19.6 Å². The number of halogens is 1. The van der Waals surface area contributed by atoms with Crippen molar-refractivity contribution in [1.29, 1.82) is 0 Å². The van der Waals surface area contributed by atoms with Crippen molar-refractivity contribution in [2.75, 3.05) is 13.7 Å². The fourth-order valence-corrected chi connectivity index (χ4v) is 2.34. The van der Waals surface area contributed by atoms with E-state index in [4.69, 9.17) is 9.47 Å². The highest BCUT2D eigenvalue weighted by molar-refractivity contribution is 5.78. The SMILES string of the molecule is COc1ccc(OCC(=O)N[C@@H](c2ccc(F)cc2)C(C)C)cc1. The molecule has 1 amide bonds. The molecule has 0 heterocycles. The van der Waals surface area contributed by atoms with E-state index in [0.717, 1.165) is 11.3 Å². The first kappa shape index (κ1) is 17.8. The van der Waals surface area contributed by atoms with Gasteiger partial charge in [-0.25, -0.2) is 4.39 Å². The second-order valence-corrected chi connectivity index (χ2v) is 5.80. The lowest BCUT2D eigenvalue weighted by Gasteiger charge is -2.23. The fraction of sp³-hybridized carbons (Fsp3) is 0.316. The van der Waals surface area contributed by atoms with E-state index in [0.29, 0.717) is 5.75 Å². The van der Waals surface area contributed by atoms with Crippen LogP contribution in [0.25, 0.3) is 0 Å². The van der Waals surface area contributed by atoms with E-state index in [1.807, 2.05) is 13.8 Å². The first-order valence-corrected chi connectivity index (χ1v) is 7.81. The van der Waals surface area contributed by atoms with E-state index in [2.05, 4.69) is 5.32 Å². The van der Waals surface area contributed by atoms with Gasteiger partial charge in [-0.2, -0.15) is 0 Å². The maximum atomic E-state index is 13.1. The van der Waals surface area contributed by atoms with E-state index in [1.54, 1.807) is 43.5 Å². The van der Waals surface area contributed by atoms with Gasteiger partial charge in [-0.1, -0.05) is 26.0 Å². The molecule has 0 aliphatic heterocycles. The van der Waals surface area contributed by atoms with Crippen molar-refractivity contribution in [3.63, 3.8) is 0 Å². The molecule has 0 unspecified atom stereocenters. The molecular formula is C19H22FNO3. The molecule has 5 heteroatoms. The monoisotopic (exact) mass is 331 g/mol. The van der Waals surface area contributed by atoms with Crippen molar-refractivity contribution >= 4 is 5.91 Å². The lowest BCUT2D eigenvalue weighted by molar-refractivity contribution is -0.124. The van der Waals surface area contributed by atoms with Crippen LogP contribution in [0, 0.1) is 11.7 Å². The third kappa shape index (κ3) is 4.98. The van der Waals surface area contributed by atoms with Crippen LogP contribution in [0.15, 0.2) is 48.5 Å². The van der Waals surface area contributed by atoms with Gasteiger partial charge in [0.15, 0.2) is 6.61 Å². The Morgan fingerprint density at radius 3 is 2.17 bits per heavy atom. The molecule has 0 aliphatic rings. The Bertz CT molecular complexity index is 653. The van der Waals surface area contributed by atoms with E-state index in [1.165, 1.54) is 12.1 Å². The Morgan fingerprint density at radius 2 is 1.62 bits per heavy atom. The third-order valence-electron chi connectivity index (χ3n) is 3.64. The number of amides is 1. The molecule has 24 heavy (non-hydrogen) atoms. The number of rotatable bonds is 7. The average Bonchev–Trinajstić information content (AvgIpc) is 2.59. The quantitative estimate of drug-likeness (QED) is 0.841. The largest absolute Gasteiger partial charge is 0.497 e. The summed E-state index contributed by atoms with van der Waals surface area (Å²) in [6, 6.07) is 13.0. The molecule has 2 aromatic carbocycles. The lowest BCUT2D eigenvalue weighted by Crippen LogP contribution is -2.35. The topological polar surface area (TPSA) is 47.6 Å². The van der Waals surface area contributed by atoms with Gasteiger partial charge < -0.3 is 14.8 Å². The molecule has 0 radical (unpaired) electrons. The van der Waals surface area contributed by atoms with Crippen molar-refractivity contribution < 1.29 is 18.7 Å². The summed E-state index contributed by atoms with van der Waals surface area (Å²) in [4.78, 5) is 12.2. The first-order valence-electron chi connectivity index (χ1n) is 7.81. The lowest BCUT2D eigenvalue weighted by atomic mass is 9.96. The van der Waals surface area contributed by atoms with Gasteiger partial charge in [0, 0.05) is 0 Å². The van der Waals surface area contributed by atoms with Gasteiger partial charge in [-0.05, 0) is 47.9 Å². The zero-order valence-corrected chi connectivity index (χ0v) is 14.1. The van der Waals surface area contributed by atoms with Crippen LogP contribution >= 0.6 is 0 Å². The number of benzene rings is 2. The molecule has 128 valence electrons. The first-order chi connectivity index (χ1) is 11.5. The zero-order chi connectivity index (χ0) is 17.5. The second-order valence-electron chi connectivity index (χ2n) is 5.80. The molecule has 1 atom stereocenters. The van der Waals surface area contributed by atoms with Crippen LogP contribution in [0.5, 0.6) is 11.5 Å². The highest BCUT2D eigenvalue weighted by Gasteiger charge is 2.18. The minimum absolute atomic E-state index is 0.0866. The number of methoxy groups -OCH3 is 1.